The molecule has 1 atom stereocenters. The molecule has 0 spiro atoms. The molecule has 0 radical (unpaired) electrons. The van der Waals surface area contributed by atoms with Gasteiger partial charge in [-0.1, -0.05) is 47.5 Å². The molecule has 4 nitrogen and oxygen atoms in total. The first-order chi connectivity index (χ1) is 15.7. The topological polar surface area (TPSA) is 52.6 Å². The first-order valence-corrected chi connectivity index (χ1v) is 11.7. The number of rotatable bonds is 4. The Morgan fingerprint density at radius 1 is 1.15 bits per heavy atom. The third-order valence-electron chi connectivity index (χ3n) is 6.12. The number of hydrogen-bond donors (Lipinski definition) is 2. The Kier molecular flexibility index (Phi) is 10.5. The van der Waals surface area contributed by atoms with E-state index in [-0.39, 0.29) is 36.1 Å². The molecule has 10 heteroatoms. The summed E-state index contributed by atoms with van der Waals surface area (Å²) in [5, 5.41) is 9.47. The minimum atomic E-state index is -4.67. The highest BCUT2D eigenvalue weighted by Gasteiger charge is 2.36. The first-order valence-electron chi connectivity index (χ1n) is 10.9. The second-order valence-electron chi connectivity index (χ2n) is 8.21. The Morgan fingerprint density at radius 3 is 2.32 bits per heavy atom. The van der Waals surface area contributed by atoms with E-state index in [1.807, 2.05) is 18.2 Å². The molecule has 2 bridgehead atoms. The van der Waals surface area contributed by atoms with Gasteiger partial charge in [-0.05, 0) is 68.5 Å². The zero-order valence-corrected chi connectivity index (χ0v) is 21.0. The van der Waals surface area contributed by atoms with E-state index in [1.165, 1.54) is 12.8 Å². The number of alkyl halides is 3. The van der Waals surface area contributed by atoms with Gasteiger partial charge in [0.05, 0.1) is 21.2 Å². The summed E-state index contributed by atoms with van der Waals surface area (Å²) in [6.45, 7) is 4.27. The number of hydrogen-bond acceptors (Lipinski definition) is 3. The molecule has 2 aromatic rings. The number of amides is 1. The van der Waals surface area contributed by atoms with E-state index < -0.39 is 22.7 Å². The third kappa shape index (κ3) is 6.58. The smallest absolute Gasteiger partial charge is 0.397 e. The van der Waals surface area contributed by atoms with Gasteiger partial charge in [0, 0.05) is 19.2 Å². The highest BCUT2D eigenvalue weighted by Crippen LogP contribution is 2.42. The van der Waals surface area contributed by atoms with Crippen LogP contribution in [0.2, 0.25) is 10.0 Å². The maximum absolute atomic E-state index is 13.1. The van der Waals surface area contributed by atoms with Crippen molar-refractivity contribution in [1.29, 1.82) is 0 Å². The minimum absolute atomic E-state index is 0. The van der Waals surface area contributed by atoms with Gasteiger partial charge in [0.25, 0.3) is 5.91 Å². The van der Waals surface area contributed by atoms with E-state index in [4.69, 9.17) is 28.3 Å². The number of nitrogens with zero attached hydrogens (tertiary/aromatic N) is 1. The van der Waals surface area contributed by atoms with Crippen molar-refractivity contribution in [3.8, 4) is 0 Å². The molecule has 2 N–H and O–H groups in total. The van der Waals surface area contributed by atoms with Gasteiger partial charge in [-0.15, -0.1) is 12.4 Å². The van der Waals surface area contributed by atoms with Crippen LogP contribution in [0.3, 0.4) is 0 Å². The summed E-state index contributed by atoms with van der Waals surface area (Å²) >= 11 is 11.9. The molecule has 2 aromatic carbocycles. The molecule has 0 aromatic heterocycles. The van der Waals surface area contributed by atoms with Gasteiger partial charge in [0.15, 0.2) is 0 Å². The van der Waals surface area contributed by atoms with Crippen LogP contribution in [0.15, 0.2) is 36.4 Å². The van der Waals surface area contributed by atoms with E-state index in [0.717, 1.165) is 48.7 Å². The van der Waals surface area contributed by atoms with Gasteiger partial charge in [0.1, 0.15) is 0 Å². The quantitative estimate of drug-likeness (QED) is 0.465. The van der Waals surface area contributed by atoms with Crippen molar-refractivity contribution in [3.63, 3.8) is 0 Å². The number of carbonyl (C=O) groups is 1. The molecular formula is C24H28Cl3F3N2O2. The molecule has 3 saturated heterocycles. The number of fused-ring (bicyclic) bond motifs is 3. The fraction of sp³-hybridized carbons (Fsp3) is 0.458. The molecule has 1 amide bonds. The van der Waals surface area contributed by atoms with Crippen molar-refractivity contribution in [2.75, 3.05) is 19.7 Å². The zero-order valence-electron chi connectivity index (χ0n) is 18.7. The molecule has 0 saturated carbocycles. The van der Waals surface area contributed by atoms with Crippen molar-refractivity contribution < 1.29 is 23.1 Å². The lowest BCUT2D eigenvalue weighted by Crippen LogP contribution is -2.44. The summed E-state index contributed by atoms with van der Waals surface area (Å²) in [7, 11) is 0. The molecular weight excluding hydrogens is 512 g/mol. The lowest BCUT2D eigenvalue weighted by atomic mass is 9.79. The lowest BCUT2D eigenvalue weighted by Gasteiger charge is -2.46. The van der Waals surface area contributed by atoms with Crippen molar-refractivity contribution >= 4 is 41.5 Å². The van der Waals surface area contributed by atoms with Crippen molar-refractivity contribution in [2.45, 2.75) is 44.9 Å². The number of aliphatic hydroxyl groups is 1. The van der Waals surface area contributed by atoms with Gasteiger partial charge in [0.2, 0.25) is 0 Å². The van der Waals surface area contributed by atoms with Crippen molar-refractivity contribution in [3.05, 3.63) is 68.7 Å². The van der Waals surface area contributed by atoms with E-state index >= 15 is 0 Å². The number of halogens is 6. The van der Waals surface area contributed by atoms with Crippen LogP contribution in [0.5, 0.6) is 0 Å². The molecule has 188 valence electrons. The summed E-state index contributed by atoms with van der Waals surface area (Å²) in [5.74, 6) is 0.00161. The monoisotopic (exact) mass is 538 g/mol. The Labute approximate surface area is 213 Å². The van der Waals surface area contributed by atoms with Crippen molar-refractivity contribution in [1.82, 2.24) is 10.2 Å². The third-order valence-corrected chi connectivity index (χ3v) is 6.83. The average Bonchev–Trinajstić information content (AvgIpc) is 2.78. The van der Waals surface area contributed by atoms with Crippen molar-refractivity contribution in [2.24, 2.45) is 5.92 Å². The first kappa shape index (κ1) is 28.7. The van der Waals surface area contributed by atoms with Gasteiger partial charge < -0.3 is 10.4 Å². The summed E-state index contributed by atoms with van der Waals surface area (Å²) in [6.07, 6.45) is -1.13. The fourth-order valence-electron chi connectivity index (χ4n) is 4.55. The minimum Gasteiger partial charge on any atom is -0.397 e. The Bertz CT molecular complexity index is 980. The summed E-state index contributed by atoms with van der Waals surface area (Å²) in [4.78, 5) is 15.2. The standard InChI is InChI=1S/C22H21Cl2F3N2O.C2H6O.ClH/c23-17-6-5-16(22(25,26)27)20(24)19(17)21(30)28-12-14-3-1-2-4-15(14)18-11-13-7-9-29(18)10-8-13;1-2-3;/h1-6,13,18H,7-12H2,(H,28,30);3H,2H2,1H3;1H/t18-;;/m0../s1. The van der Waals surface area contributed by atoms with Gasteiger partial charge in [-0.25, -0.2) is 0 Å². The molecule has 34 heavy (non-hydrogen) atoms. The number of benzene rings is 2. The predicted octanol–water partition coefficient (Wildman–Crippen LogP) is 6.52. The lowest BCUT2D eigenvalue weighted by molar-refractivity contribution is -0.137. The second kappa shape index (κ2) is 12.5. The predicted molar refractivity (Wildman–Crippen MR) is 131 cm³/mol. The van der Waals surface area contributed by atoms with Crippen LogP contribution in [0.1, 0.15) is 59.3 Å². The summed E-state index contributed by atoms with van der Waals surface area (Å²) in [6, 6.07) is 10.0. The molecule has 3 fully saturated rings. The number of nitrogens with one attached hydrogen (secondary N) is 1. The Hall–Kier alpha value is -1.51. The SMILES string of the molecule is CCO.Cl.O=C(NCc1ccccc1[C@@H]1CC2CCN1CC2)c1c(Cl)ccc(C(F)(F)F)c1Cl. The summed E-state index contributed by atoms with van der Waals surface area (Å²) in [5.41, 5.74) is 0.669. The highest BCUT2D eigenvalue weighted by molar-refractivity contribution is 6.40. The van der Waals surface area contributed by atoms with E-state index in [9.17, 15) is 18.0 Å². The van der Waals surface area contributed by atoms with Crippen LogP contribution in [0.4, 0.5) is 13.2 Å². The van der Waals surface area contributed by atoms with Crippen LogP contribution in [0.25, 0.3) is 0 Å². The van der Waals surface area contributed by atoms with E-state index in [1.54, 1.807) is 6.92 Å². The second-order valence-corrected chi connectivity index (χ2v) is 9.00. The Balaban J connectivity index is 0.000000970. The average molecular weight is 540 g/mol. The van der Waals surface area contributed by atoms with Gasteiger partial charge >= 0.3 is 6.18 Å². The normalized spacial score (nSPS) is 21.2. The molecule has 0 aliphatic carbocycles. The van der Waals surface area contributed by atoms with E-state index in [2.05, 4.69) is 16.3 Å². The van der Waals surface area contributed by atoms with Crippen LogP contribution in [0, 0.1) is 5.92 Å². The number of aliphatic hydroxyl groups excluding tert-OH is 1. The molecule has 3 aliphatic heterocycles. The zero-order chi connectivity index (χ0) is 24.2. The van der Waals surface area contributed by atoms with Crippen LogP contribution < -0.4 is 5.32 Å². The van der Waals surface area contributed by atoms with Gasteiger partial charge in [-0.3, -0.25) is 9.69 Å². The van der Waals surface area contributed by atoms with Gasteiger partial charge in [-0.2, -0.15) is 13.2 Å². The Morgan fingerprint density at radius 2 is 1.76 bits per heavy atom. The number of piperidine rings is 3. The van der Waals surface area contributed by atoms with E-state index in [0.29, 0.717) is 6.04 Å². The number of carbonyl (C=O) groups excluding carboxylic acids is 1. The highest BCUT2D eigenvalue weighted by atomic mass is 35.5. The van der Waals surface area contributed by atoms with Crippen LogP contribution in [-0.2, 0) is 12.7 Å². The maximum atomic E-state index is 13.1. The largest absolute Gasteiger partial charge is 0.417 e. The maximum Gasteiger partial charge on any atom is 0.417 e. The fourth-order valence-corrected chi connectivity index (χ4v) is 5.20. The van der Waals surface area contributed by atoms with Crippen LogP contribution >= 0.6 is 35.6 Å². The molecule has 3 aliphatic rings. The van der Waals surface area contributed by atoms with Crippen LogP contribution in [-0.4, -0.2) is 35.6 Å². The summed E-state index contributed by atoms with van der Waals surface area (Å²) < 4.78 is 39.4. The molecule has 5 rings (SSSR count). The molecule has 3 heterocycles. The molecule has 0 unspecified atom stereocenters.